The molecular weight excluding hydrogens is 234 g/mol. The number of nitrogens with zero attached hydrogens (tertiary/aromatic N) is 1. The molecule has 1 fully saturated rings. The molecule has 1 aliphatic heterocycles. The van der Waals surface area contributed by atoms with E-state index in [2.05, 4.69) is 0 Å². The zero-order chi connectivity index (χ0) is 13.1. The second-order valence-corrected chi connectivity index (χ2v) is 4.33. The van der Waals surface area contributed by atoms with Crippen LogP contribution in [0.1, 0.15) is 23.7 Å². The molecule has 1 aromatic rings. The van der Waals surface area contributed by atoms with E-state index in [9.17, 15) is 15.0 Å². The van der Waals surface area contributed by atoms with Crippen LogP contribution in [0, 0.1) is 0 Å². The van der Waals surface area contributed by atoms with E-state index in [1.807, 2.05) is 6.92 Å². The first-order chi connectivity index (χ1) is 8.63. The molecule has 1 amide bonds. The second-order valence-electron chi connectivity index (χ2n) is 4.33. The van der Waals surface area contributed by atoms with Gasteiger partial charge in [-0.15, -0.1) is 0 Å². The predicted octanol–water partition coefficient (Wildman–Crippen LogP) is 1.35. The number of morpholine rings is 1. The highest BCUT2D eigenvalue weighted by Crippen LogP contribution is 2.29. The lowest BCUT2D eigenvalue weighted by Crippen LogP contribution is -2.45. The predicted molar refractivity (Wildman–Crippen MR) is 65.7 cm³/mol. The molecule has 0 saturated carbocycles. The molecule has 0 aromatic heterocycles. The van der Waals surface area contributed by atoms with E-state index in [1.54, 1.807) is 11.0 Å². The van der Waals surface area contributed by atoms with Crippen LogP contribution in [0.15, 0.2) is 18.2 Å². The van der Waals surface area contributed by atoms with Crippen LogP contribution in [-0.4, -0.2) is 46.8 Å². The van der Waals surface area contributed by atoms with Crippen molar-refractivity contribution < 1.29 is 19.7 Å². The average molecular weight is 251 g/mol. The molecule has 1 aliphatic rings. The Kier molecular flexibility index (Phi) is 3.72. The van der Waals surface area contributed by atoms with Crippen molar-refractivity contribution in [3.05, 3.63) is 23.8 Å². The molecule has 1 heterocycles. The van der Waals surface area contributed by atoms with E-state index in [-0.39, 0.29) is 29.1 Å². The molecule has 5 nitrogen and oxygen atoms in total. The van der Waals surface area contributed by atoms with Crippen LogP contribution < -0.4 is 0 Å². The SMILES string of the molecule is CCC1CN(C(=O)c2cccc(O)c2O)CCO1. The molecular formula is C13H17NO4. The summed E-state index contributed by atoms with van der Waals surface area (Å²) in [4.78, 5) is 13.9. The molecule has 1 atom stereocenters. The summed E-state index contributed by atoms with van der Waals surface area (Å²) in [5.41, 5.74) is 0.131. The van der Waals surface area contributed by atoms with E-state index in [1.165, 1.54) is 12.1 Å². The zero-order valence-electron chi connectivity index (χ0n) is 10.3. The Morgan fingerprint density at radius 2 is 2.28 bits per heavy atom. The van der Waals surface area contributed by atoms with E-state index in [0.717, 1.165) is 6.42 Å². The summed E-state index contributed by atoms with van der Waals surface area (Å²) in [6, 6.07) is 4.40. The number of hydrogen-bond acceptors (Lipinski definition) is 4. The number of rotatable bonds is 2. The minimum absolute atomic E-state index is 0.0437. The number of benzene rings is 1. The lowest BCUT2D eigenvalue weighted by atomic mass is 10.1. The Hall–Kier alpha value is -1.75. The molecule has 0 radical (unpaired) electrons. The van der Waals surface area contributed by atoms with Crippen molar-refractivity contribution in [1.82, 2.24) is 4.90 Å². The largest absolute Gasteiger partial charge is 0.504 e. The van der Waals surface area contributed by atoms with E-state index < -0.39 is 0 Å². The second kappa shape index (κ2) is 5.27. The number of phenolic OH excluding ortho intramolecular Hbond substituents is 2. The highest BCUT2D eigenvalue weighted by molar-refractivity contribution is 5.97. The van der Waals surface area contributed by atoms with Crippen LogP contribution in [0.2, 0.25) is 0 Å². The highest BCUT2D eigenvalue weighted by atomic mass is 16.5. The smallest absolute Gasteiger partial charge is 0.257 e. The molecule has 0 spiro atoms. The Bertz CT molecular complexity index is 447. The monoisotopic (exact) mass is 251 g/mol. The summed E-state index contributed by atoms with van der Waals surface area (Å²) in [7, 11) is 0. The minimum Gasteiger partial charge on any atom is -0.504 e. The van der Waals surface area contributed by atoms with Gasteiger partial charge in [-0.2, -0.15) is 0 Å². The number of ether oxygens (including phenoxy) is 1. The summed E-state index contributed by atoms with van der Waals surface area (Å²) in [5.74, 6) is -0.909. The maximum absolute atomic E-state index is 12.2. The fourth-order valence-corrected chi connectivity index (χ4v) is 2.03. The topological polar surface area (TPSA) is 70.0 Å². The number of aromatic hydroxyl groups is 2. The lowest BCUT2D eigenvalue weighted by Gasteiger charge is -2.32. The van der Waals surface area contributed by atoms with Gasteiger partial charge >= 0.3 is 0 Å². The molecule has 2 rings (SSSR count). The van der Waals surface area contributed by atoms with Crippen molar-refractivity contribution in [2.75, 3.05) is 19.7 Å². The normalized spacial score (nSPS) is 19.8. The summed E-state index contributed by atoms with van der Waals surface area (Å²) < 4.78 is 5.49. The third-order valence-electron chi connectivity index (χ3n) is 3.13. The van der Waals surface area contributed by atoms with Crippen LogP contribution in [0.25, 0.3) is 0 Å². The van der Waals surface area contributed by atoms with Gasteiger partial charge in [-0.3, -0.25) is 4.79 Å². The molecule has 18 heavy (non-hydrogen) atoms. The van der Waals surface area contributed by atoms with Crippen molar-refractivity contribution in [2.24, 2.45) is 0 Å². The minimum atomic E-state index is -0.359. The van der Waals surface area contributed by atoms with E-state index in [0.29, 0.717) is 19.7 Å². The van der Waals surface area contributed by atoms with Crippen molar-refractivity contribution in [3.63, 3.8) is 0 Å². The molecule has 2 N–H and O–H groups in total. The number of hydrogen-bond donors (Lipinski definition) is 2. The van der Waals surface area contributed by atoms with E-state index >= 15 is 0 Å². The van der Waals surface area contributed by atoms with Gasteiger partial charge < -0.3 is 19.8 Å². The van der Waals surface area contributed by atoms with Crippen LogP contribution >= 0.6 is 0 Å². The van der Waals surface area contributed by atoms with E-state index in [4.69, 9.17) is 4.74 Å². The maximum Gasteiger partial charge on any atom is 0.257 e. The third kappa shape index (κ3) is 2.41. The highest BCUT2D eigenvalue weighted by Gasteiger charge is 2.26. The van der Waals surface area contributed by atoms with Gasteiger partial charge in [0.1, 0.15) is 0 Å². The molecule has 1 saturated heterocycles. The Morgan fingerprint density at radius 1 is 1.50 bits per heavy atom. The van der Waals surface area contributed by atoms with Gasteiger partial charge in [-0.25, -0.2) is 0 Å². The van der Waals surface area contributed by atoms with Crippen molar-refractivity contribution >= 4 is 5.91 Å². The number of carbonyl (C=O) groups excluding carboxylic acids is 1. The molecule has 5 heteroatoms. The van der Waals surface area contributed by atoms with Crippen LogP contribution in [-0.2, 0) is 4.74 Å². The number of carbonyl (C=O) groups is 1. The first-order valence-electron chi connectivity index (χ1n) is 6.05. The molecule has 1 aromatic carbocycles. The fraction of sp³-hybridized carbons (Fsp3) is 0.462. The summed E-state index contributed by atoms with van der Waals surface area (Å²) >= 11 is 0. The average Bonchev–Trinajstić information content (AvgIpc) is 2.41. The molecule has 98 valence electrons. The van der Waals surface area contributed by atoms with Gasteiger partial charge in [0.25, 0.3) is 5.91 Å². The van der Waals surface area contributed by atoms with Gasteiger partial charge in [-0.05, 0) is 18.6 Å². The number of phenols is 2. The van der Waals surface area contributed by atoms with Gasteiger partial charge in [0.05, 0.1) is 18.3 Å². The third-order valence-corrected chi connectivity index (χ3v) is 3.13. The number of para-hydroxylation sites is 1. The van der Waals surface area contributed by atoms with Crippen LogP contribution in [0.5, 0.6) is 11.5 Å². The maximum atomic E-state index is 12.2. The standard InChI is InChI=1S/C13H17NO4/c1-2-9-8-14(6-7-18-9)13(17)10-4-3-5-11(15)12(10)16/h3-5,9,15-16H,2,6-8H2,1H3. The summed E-state index contributed by atoms with van der Waals surface area (Å²) in [5, 5.41) is 19.1. The summed E-state index contributed by atoms with van der Waals surface area (Å²) in [6.45, 7) is 3.53. The Labute approximate surface area is 106 Å². The molecule has 1 unspecified atom stereocenters. The van der Waals surface area contributed by atoms with Gasteiger partial charge in [0.2, 0.25) is 0 Å². The van der Waals surface area contributed by atoms with Gasteiger partial charge in [0.15, 0.2) is 11.5 Å². The lowest BCUT2D eigenvalue weighted by molar-refractivity contribution is -0.0227. The first kappa shape index (κ1) is 12.7. The van der Waals surface area contributed by atoms with Gasteiger partial charge in [0, 0.05) is 13.1 Å². The van der Waals surface area contributed by atoms with Crippen molar-refractivity contribution in [2.45, 2.75) is 19.4 Å². The number of amides is 1. The fourth-order valence-electron chi connectivity index (χ4n) is 2.03. The molecule has 0 aliphatic carbocycles. The van der Waals surface area contributed by atoms with Gasteiger partial charge in [-0.1, -0.05) is 13.0 Å². The zero-order valence-corrected chi connectivity index (χ0v) is 10.3. The van der Waals surface area contributed by atoms with Crippen LogP contribution in [0.3, 0.4) is 0 Å². The quantitative estimate of drug-likeness (QED) is 0.778. The van der Waals surface area contributed by atoms with Crippen molar-refractivity contribution in [1.29, 1.82) is 0 Å². The Morgan fingerprint density at radius 3 is 3.00 bits per heavy atom. The Balaban J connectivity index is 2.18. The van der Waals surface area contributed by atoms with Crippen molar-refractivity contribution in [3.8, 4) is 11.5 Å². The first-order valence-corrected chi connectivity index (χ1v) is 6.05. The van der Waals surface area contributed by atoms with Crippen LogP contribution in [0.4, 0.5) is 0 Å². The summed E-state index contributed by atoms with van der Waals surface area (Å²) in [6.07, 6.45) is 0.887. The molecule has 0 bridgehead atoms.